The van der Waals surface area contributed by atoms with Crippen molar-refractivity contribution in [1.82, 2.24) is 15.0 Å². The van der Waals surface area contributed by atoms with Gasteiger partial charge in [-0.15, -0.1) is 0 Å². The van der Waals surface area contributed by atoms with Gasteiger partial charge in [-0.1, -0.05) is 0 Å². The molecule has 1 atom stereocenters. The summed E-state index contributed by atoms with van der Waals surface area (Å²) in [5, 5.41) is 9.48. The van der Waals surface area contributed by atoms with Crippen LogP contribution in [0.4, 0.5) is 5.95 Å². The molecule has 1 aliphatic heterocycles. The molecule has 1 unspecified atom stereocenters. The fourth-order valence-corrected chi connectivity index (χ4v) is 1.63. The molecule has 2 rings (SSSR count). The third-order valence-electron chi connectivity index (χ3n) is 2.20. The molecule has 1 fully saturated rings. The molecule has 0 bridgehead atoms. The van der Waals surface area contributed by atoms with Gasteiger partial charge in [0.05, 0.1) is 13.2 Å². The summed E-state index contributed by atoms with van der Waals surface area (Å²) in [4.78, 5) is 13.7. The fourth-order valence-electron chi connectivity index (χ4n) is 1.48. The van der Waals surface area contributed by atoms with Crippen LogP contribution in [-0.4, -0.2) is 46.4 Å². The Balaban J connectivity index is 2.24. The van der Waals surface area contributed by atoms with Crippen molar-refractivity contribution in [2.45, 2.75) is 12.5 Å². The number of anilines is 1. The van der Waals surface area contributed by atoms with Crippen molar-refractivity contribution in [3.05, 3.63) is 5.28 Å². The van der Waals surface area contributed by atoms with Gasteiger partial charge >= 0.3 is 6.01 Å². The Kier molecular flexibility index (Phi) is 2.88. The highest BCUT2D eigenvalue weighted by Gasteiger charge is 2.23. The van der Waals surface area contributed by atoms with Crippen molar-refractivity contribution in [3.8, 4) is 6.01 Å². The molecule has 15 heavy (non-hydrogen) atoms. The van der Waals surface area contributed by atoms with E-state index in [9.17, 15) is 5.11 Å². The summed E-state index contributed by atoms with van der Waals surface area (Å²) in [5.74, 6) is 0.448. The lowest BCUT2D eigenvalue weighted by atomic mass is 10.3. The third-order valence-corrected chi connectivity index (χ3v) is 2.37. The lowest BCUT2D eigenvalue weighted by Crippen LogP contribution is -2.23. The van der Waals surface area contributed by atoms with Gasteiger partial charge in [0.25, 0.3) is 0 Å². The minimum absolute atomic E-state index is 0.0956. The van der Waals surface area contributed by atoms with Crippen LogP contribution >= 0.6 is 11.6 Å². The van der Waals surface area contributed by atoms with Crippen molar-refractivity contribution < 1.29 is 9.84 Å². The number of β-amino-alcohol motifs (C(OH)–C–C–N with tert-alkyl or cyclic N) is 1. The molecule has 1 N–H and O–H groups in total. The Labute approximate surface area is 91.9 Å². The maximum Gasteiger partial charge on any atom is 0.322 e. The monoisotopic (exact) mass is 230 g/mol. The summed E-state index contributed by atoms with van der Waals surface area (Å²) in [6.45, 7) is 1.23. The number of halogens is 1. The number of aromatic nitrogens is 3. The number of nitrogens with zero attached hydrogens (tertiary/aromatic N) is 4. The van der Waals surface area contributed by atoms with Gasteiger partial charge in [-0.3, -0.25) is 0 Å². The maximum atomic E-state index is 9.38. The van der Waals surface area contributed by atoms with Gasteiger partial charge < -0.3 is 14.7 Å². The lowest BCUT2D eigenvalue weighted by Gasteiger charge is -2.15. The van der Waals surface area contributed by atoms with Crippen LogP contribution in [0.2, 0.25) is 5.28 Å². The highest BCUT2D eigenvalue weighted by Crippen LogP contribution is 2.19. The van der Waals surface area contributed by atoms with Gasteiger partial charge in [-0.2, -0.15) is 15.0 Å². The summed E-state index contributed by atoms with van der Waals surface area (Å²) in [5.41, 5.74) is 0. The van der Waals surface area contributed by atoms with Crippen LogP contribution in [-0.2, 0) is 0 Å². The molecule has 1 aromatic heterocycles. The molecule has 1 aromatic rings. The van der Waals surface area contributed by atoms with E-state index in [0.717, 1.165) is 0 Å². The van der Waals surface area contributed by atoms with Crippen LogP contribution in [0, 0.1) is 0 Å². The summed E-state index contributed by atoms with van der Waals surface area (Å²) >= 11 is 5.71. The number of ether oxygens (including phenoxy) is 1. The normalized spacial score (nSPS) is 20.7. The van der Waals surface area contributed by atoms with Crippen LogP contribution in [0.5, 0.6) is 6.01 Å². The first-order valence-corrected chi connectivity index (χ1v) is 4.95. The van der Waals surface area contributed by atoms with E-state index in [0.29, 0.717) is 25.5 Å². The highest BCUT2D eigenvalue weighted by molar-refractivity contribution is 6.28. The molecule has 0 amide bonds. The maximum absolute atomic E-state index is 9.38. The minimum Gasteiger partial charge on any atom is -0.467 e. The summed E-state index contributed by atoms with van der Waals surface area (Å²) in [6, 6.07) is 0.186. The van der Waals surface area contributed by atoms with Crippen molar-refractivity contribution in [1.29, 1.82) is 0 Å². The largest absolute Gasteiger partial charge is 0.467 e. The molecule has 0 spiro atoms. The molecule has 1 saturated heterocycles. The summed E-state index contributed by atoms with van der Waals surface area (Å²) < 4.78 is 4.89. The number of aliphatic hydroxyl groups is 1. The van der Waals surface area contributed by atoms with Gasteiger partial charge in [-0.25, -0.2) is 0 Å². The van der Waals surface area contributed by atoms with Gasteiger partial charge in [0, 0.05) is 13.1 Å². The van der Waals surface area contributed by atoms with Crippen LogP contribution in [0.15, 0.2) is 0 Å². The van der Waals surface area contributed by atoms with E-state index in [2.05, 4.69) is 15.0 Å². The van der Waals surface area contributed by atoms with E-state index in [-0.39, 0.29) is 17.4 Å². The second-order valence-electron chi connectivity index (χ2n) is 3.28. The zero-order valence-corrected chi connectivity index (χ0v) is 8.98. The molecule has 7 heteroatoms. The van der Waals surface area contributed by atoms with Crippen LogP contribution in [0.25, 0.3) is 0 Å². The van der Waals surface area contributed by atoms with Crippen LogP contribution in [0.3, 0.4) is 0 Å². The van der Waals surface area contributed by atoms with E-state index in [1.54, 1.807) is 0 Å². The summed E-state index contributed by atoms with van der Waals surface area (Å²) in [6.07, 6.45) is 0.387. The predicted molar refractivity (Wildman–Crippen MR) is 54.2 cm³/mol. The molecule has 82 valence electrons. The third kappa shape index (κ3) is 2.27. The molecular weight excluding hydrogens is 220 g/mol. The van der Waals surface area contributed by atoms with Crippen molar-refractivity contribution in [2.75, 3.05) is 25.1 Å². The number of rotatable bonds is 2. The van der Waals surface area contributed by atoms with Crippen molar-refractivity contribution in [3.63, 3.8) is 0 Å². The first-order chi connectivity index (χ1) is 7.19. The van der Waals surface area contributed by atoms with Gasteiger partial charge in [0.15, 0.2) is 0 Å². The Hall–Kier alpha value is -1.14. The van der Waals surface area contributed by atoms with Crippen molar-refractivity contribution in [2.24, 2.45) is 0 Å². The molecule has 0 saturated carbocycles. The zero-order chi connectivity index (χ0) is 10.8. The Morgan fingerprint density at radius 2 is 2.27 bits per heavy atom. The molecule has 0 aromatic carbocycles. The number of hydrogen-bond donors (Lipinski definition) is 1. The molecule has 0 radical (unpaired) electrons. The van der Waals surface area contributed by atoms with E-state index in [4.69, 9.17) is 16.3 Å². The number of methoxy groups -OCH3 is 1. The molecule has 2 heterocycles. The lowest BCUT2D eigenvalue weighted by molar-refractivity contribution is 0.198. The molecule has 0 aliphatic carbocycles. The number of hydrogen-bond acceptors (Lipinski definition) is 6. The SMILES string of the molecule is COc1nc(Cl)nc(N2CCC(O)C2)n1. The molecule has 1 aliphatic rings. The highest BCUT2D eigenvalue weighted by atomic mass is 35.5. The Morgan fingerprint density at radius 3 is 2.87 bits per heavy atom. The quantitative estimate of drug-likeness (QED) is 0.777. The van der Waals surface area contributed by atoms with Gasteiger partial charge in [-0.05, 0) is 18.0 Å². The number of aliphatic hydroxyl groups excluding tert-OH is 1. The van der Waals surface area contributed by atoms with E-state index in [1.807, 2.05) is 4.90 Å². The second kappa shape index (κ2) is 4.16. The Morgan fingerprint density at radius 1 is 1.47 bits per heavy atom. The average molecular weight is 231 g/mol. The Bertz CT molecular complexity index is 362. The second-order valence-corrected chi connectivity index (χ2v) is 3.62. The standard InChI is InChI=1S/C8H11ClN4O2/c1-15-8-11-6(9)10-7(12-8)13-3-2-5(14)4-13/h5,14H,2-4H2,1H3. The predicted octanol–water partition coefficient (Wildman–Crippen LogP) is 0.105. The topological polar surface area (TPSA) is 71.4 Å². The van der Waals surface area contributed by atoms with Crippen LogP contribution < -0.4 is 9.64 Å². The first-order valence-electron chi connectivity index (χ1n) is 4.57. The minimum atomic E-state index is -0.327. The van der Waals surface area contributed by atoms with E-state index < -0.39 is 0 Å². The van der Waals surface area contributed by atoms with E-state index in [1.165, 1.54) is 7.11 Å². The molecule has 6 nitrogen and oxygen atoms in total. The fraction of sp³-hybridized carbons (Fsp3) is 0.625. The first kappa shape index (κ1) is 10.4. The van der Waals surface area contributed by atoms with Gasteiger partial charge in [0.2, 0.25) is 11.2 Å². The molecular formula is C8H11ClN4O2. The average Bonchev–Trinajstić information content (AvgIpc) is 2.64. The van der Waals surface area contributed by atoms with E-state index >= 15 is 0 Å². The van der Waals surface area contributed by atoms with Crippen LogP contribution in [0.1, 0.15) is 6.42 Å². The summed E-state index contributed by atoms with van der Waals surface area (Å²) in [7, 11) is 1.47. The zero-order valence-electron chi connectivity index (χ0n) is 8.22. The van der Waals surface area contributed by atoms with Gasteiger partial charge in [0.1, 0.15) is 0 Å². The smallest absolute Gasteiger partial charge is 0.322 e. The van der Waals surface area contributed by atoms with Crippen molar-refractivity contribution >= 4 is 17.5 Å².